The third-order valence-corrected chi connectivity index (χ3v) is 2.15. The third-order valence-electron chi connectivity index (χ3n) is 2.15. The first-order chi connectivity index (χ1) is 5.24. The zero-order valence-electron chi connectivity index (χ0n) is 7.94. The molecule has 0 spiro atoms. The lowest BCUT2D eigenvalue weighted by atomic mass is 10.2. The molecule has 0 atom stereocenters. The molecule has 0 radical (unpaired) electrons. The van der Waals surface area contributed by atoms with E-state index in [0.29, 0.717) is 12.2 Å². The fraction of sp³-hybridized carbons (Fsp3) is 0.889. The summed E-state index contributed by atoms with van der Waals surface area (Å²) in [4.78, 5) is 12.5. The fourth-order valence-electron chi connectivity index (χ4n) is 1.10. The molecule has 0 fully saturated rings. The van der Waals surface area contributed by atoms with E-state index in [1.807, 2.05) is 6.92 Å². The molecule has 0 aliphatic carbocycles. The van der Waals surface area contributed by atoms with Crippen molar-refractivity contribution in [2.75, 3.05) is 19.6 Å². The molecular weight excluding hydrogens is 138 g/mol. The van der Waals surface area contributed by atoms with E-state index in [-0.39, 0.29) is 0 Å². The van der Waals surface area contributed by atoms with Crippen LogP contribution in [0, 0.1) is 0 Å². The normalized spacial score (nSPS) is 10.5. The SMILES string of the molecule is CCC(=O)CC[NH+](CC)CC. The largest absolute Gasteiger partial charge is 0.335 e. The molecule has 0 bridgehead atoms. The van der Waals surface area contributed by atoms with E-state index < -0.39 is 0 Å². The molecule has 0 aromatic carbocycles. The molecule has 0 saturated heterocycles. The van der Waals surface area contributed by atoms with E-state index in [0.717, 1.165) is 26.1 Å². The zero-order chi connectivity index (χ0) is 8.69. The predicted molar refractivity (Wildman–Crippen MR) is 46.8 cm³/mol. The number of carbonyl (C=O) groups excluding carboxylic acids is 1. The second kappa shape index (κ2) is 6.35. The topological polar surface area (TPSA) is 21.5 Å². The van der Waals surface area contributed by atoms with Crippen LogP contribution in [0.5, 0.6) is 0 Å². The lowest BCUT2D eigenvalue weighted by Crippen LogP contribution is -3.11. The molecule has 2 nitrogen and oxygen atoms in total. The molecule has 0 heterocycles. The van der Waals surface area contributed by atoms with Gasteiger partial charge in [-0.2, -0.15) is 0 Å². The average Bonchev–Trinajstić information content (AvgIpc) is 2.06. The first-order valence-electron chi connectivity index (χ1n) is 4.59. The standard InChI is InChI=1S/C9H19NO/c1-4-9(11)7-8-10(5-2)6-3/h4-8H2,1-3H3/p+1. The van der Waals surface area contributed by atoms with Gasteiger partial charge in [0.1, 0.15) is 5.78 Å². The Morgan fingerprint density at radius 1 is 1.18 bits per heavy atom. The molecular formula is C9H20NO+. The molecule has 0 aliphatic heterocycles. The van der Waals surface area contributed by atoms with Crippen molar-refractivity contribution < 1.29 is 9.69 Å². The van der Waals surface area contributed by atoms with Crippen LogP contribution in [0.4, 0.5) is 0 Å². The van der Waals surface area contributed by atoms with Crippen molar-refractivity contribution in [1.29, 1.82) is 0 Å². The van der Waals surface area contributed by atoms with Crippen LogP contribution in [-0.2, 0) is 4.79 Å². The molecule has 0 aromatic heterocycles. The van der Waals surface area contributed by atoms with Gasteiger partial charge in [0.25, 0.3) is 0 Å². The van der Waals surface area contributed by atoms with E-state index in [2.05, 4.69) is 13.8 Å². The van der Waals surface area contributed by atoms with Gasteiger partial charge in [0, 0.05) is 6.42 Å². The Kier molecular flexibility index (Phi) is 6.13. The fourth-order valence-corrected chi connectivity index (χ4v) is 1.10. The van der Waals surface area contributed by atoms with Crippen LogP contribution in [0.15, 0.2) is 0 Å². The maximum atomic E-state index is 10.9. The summed E-state index contributed by atoms with van der Waals surface area (Å²) in [5, 5.41) is 0. The minimum absolute atomic E-state index is 0.393. The minimum Gasteiger partial charge on any atom is -0.335 e. The molecule has 66 valence electrons. The number of Topliss-reactive ketones (excluding diaryl/α,β-unsaturated/α-hetero) is 1. The Morgan fingerprint density at radius 3 is 2.09 bits per heavy atom. The molecule has 0 unspecified atom stereocenters. The van der Waals surface area contributed by atoms with Crippen molar-refractivity contribution in [3.05, 3.63) is 0 Å². The summed E-state index contributed by atoms with van der Waals surface area (Å²) in [6.07, 6.45) is 1.45. The Labute approximate surface area is 69.6 Å². The Balaban J connectivity index is 3.42. The van der Waals surface area contributed by atoms with E-state index in [1.165, 1.54) is 4.90 Å². The van der Waals surface area contributed by atoms with Crippen molar-refractivity contribution in [3.8, 4) is 0 Å². The molecule has 2 heteroatoms. The highest BCUT2D eigenvalue weighted by Gasteiger charge is 2.04. The summed E-state index contributed by atoms with van der Waals surface area (Å²) in [7, 11) is 0. The van der Waals surface area contributed by atoms with E-state index >= 15 is 0 Å². The maximum Gasteiger partial charge on any atom is 0.138 e. The Hall–Kier alpha value is -0.370. The first-order valence-corrected chi connectivity index (χ1v) is 4.59. The van der Waals surface area contributed by atoms with Crippen LogP contribution < -0.4 is 4.90 Å². The van der Waals surface area contributed by atoms with E-state index in [9.17, 15) is 4.79 Å². The number of hydrogen-bond donors (Lipinski definition) is 1. The van der Waals surface area contributed by atoms with Gasteiger partial charge in [-0.15, -0.1) is 0 Å². The zero-order valence-corrected chi connectivity index (χ0v) is 7.94. The van der Waals surface area contributed by atoms with Gasteiger partial charge in [-0.25, -0.2) is 0 Å². The van der Waals surface area contributed by atoms with Crippen LogP contribution >= 0.6 is 0 Å². The van der Waals surface area contributed by atoms with Crippen molar-refractivity contribution in [1.82, 2.24) is 0 Å². The van der Waals surface area contributed by atoms with E-state index in [4.69, 9.17) is 0 Å². The summed E-state index contributed by atoms with van der Waals surface area (Å²) in [6, 6.07) is 0. The van der Waals surface area contributed by atoms with Crippen LogP contribution in [-0.4, -0.2) is 25.4 Å². The van der Waals surface area contributed by atoms with Gasteiger partial charge in [-0.3, -0.25) is 4.79 Å². The van der Waals surface area contributed by atoms with Gasteiger partial charge in [0.05, 0.1) is 26.1 Å². The molecule has 0 aromatic rings. The number of rotatable bonds is 6. The molecule has 0 rings (SSSR count). The van der Waals surface area contributed by atoms with Gasteiger partial charge >= 0.3 is 0 Å². The lowest BCUT2D eigenvalue weighted by molar-refractivity contribution is -0.895. The summed E-state index contributed by atoms with van der Waals surface area (Å²) in [5.41, 5.74) is 0. The lowest BCUT2D eigenvalue weighted by Gasteiger charge is -2.13. The Bertz CT molecular complexity index is 108. The highest BCUT2D eigenvalue weighted by Crippen LogP contribution is 1.83. The second-order valence-corrected chi connectivity index (χ2v) is 2.85. The Morgan fingerprint density at radius 2 is 1.73 bits per heavy atom. The van der Waals surface area contributed by atoms with Crippen LogP contribution in [0.25, 0.3) is 0 Å². The number of quaternary nitrogens is 1. The summed E-state index contributed by atoms with van der Waals surface area (Å²) in [5.74, 6) is 0.393. The summed E-state index contributed by atoms with van der Waals surface area (Å²) < 4.78 is 0. The summed E-state index contributed by atoms with van der Waals surface area (Å²) in [6.45, 7) is 9.53. The van der Waals surface area contributed by atoms with Crippen LogP contribution in [0.1, 0.15) is 33.6 Å². The minimum atomic E-state index is 0.393. The quantitative estimate of drug-likeness (QED) is 0.589. The number of carbonyl (C=O) groups is 1. The van der Waals surface area contributed by atoms with E-state index in [1.54, 1.807) is 0 Å². The summed E-state index contributed by atoms with van der Waals surface area (Å²) >= 11 is 0. The maximum absolute atomic E-state index is 10.9. The number of nitrogens with one attached hydrogen (secondary N) is 1. The monoisotopic (exact) mass is 158 g/mol. The van der Waals surface area contributed by atoms with Gasteiger partial charge in [0.15, 0.2) is 0 Å². The number of hydrogen-bond acceptors (Lipinski definition) is 1. The van der Waals surface area contributed by atoms with Crippen molar-refractivity contribution in [2.24, 2.45) is 0 Å². The third kappa shape index (κ3) is 4.96. The van der Waals surface area contributed by atoms with Crippen molar-refractivity contribution in [2.45, 2.75) is 33.6 Å². The first kappa shape index (κ1) is 10.6. The van der Waals surface area contributed by atoms with Crippen molar-refractivity contribution >= 4 is 5.78 Å². The smallest absolute Gasteiger partial charge is 0.138 e. The van der Waals surface area contributed by atoms with Gasteiger partial charge in [-0.1, -0.05) is 6.92 Å². The molecule has 0 amide bonds. The average molecular weight is 158 g/mol. The molecule has 0 aliphatic rings. The highest BCUT2D eigenvalue weighted by molar-refractivity contribution is 5.77. The predicted octanol–water partition coefficient (Wildman–Crippen LogP) is 0.280. The molecule has 0 saturated carbocycles. The highest BCUT2D eigenvalue weighted by atomic mass is 16.1. The van der Waals surface area contributed by atoms with Crippen LogP contribution in [0.3, 0.4) is 0 Å². The second-order valence-electron chi connectivity index (χ2n) is 2.85. The van der Waals surface area contributed by atoms with Gasteiger partial charge in [-0.05, 0) is 13.8 Å². The van der Waals surface area contributed by atoms with Crippen LogP contribution in [0.2, 0.25) is 0 Å². The number of ketones is 1. The van der Waals surface area contributed by atoms with Crippen molar-refractivity contribution in [3.63, 3.8) is 0 Å². The molecule has 1 N–H and O–H groups in total. The van der Waals surface area contributed by atoms with Gasteiger partial charge in [0.2, 0.25) is 0 Å². The van der Waals surface area contributed by atoms with Gasteiger partial charge < -0.3 is 4.90 Å². The molecule has 11 heavy (non-hydrogen) atoms.